The van der Waals surface area contributed by atoms with E-state index in [0.29, 0.717) is 0 Å². The molecule has 0 aliphatic heterocycles. The number of hydrogen-bond acceptors (Lipinski definition) is 2. The predicted molar refractivity (Wildman–Crippen MR) is 128 cm³/mol. The van der Waals surface area contributed by atoms with Gasteiger partial charge in [0.15, 0.2) is 0 Å². The molecule has 0 saturated carbocycles. The lowest BCUT2D eigenvalue weighted by Crippen LogP contribution is -2.31. The third-order valence-electron chi connectivity index (χ3n) is 4.66. The molecule has 0 amide bonds. The van der Waals surface area contributed by atoms with Gasteiger partial charge in [-0.05, 0) is 50.2 Å². The van der Waals surface area contributed by atoms with Gasteiger partial charge in [-0.25, -0.2) is 0 Å². The second-order valence-corrected chi connectivity index (χ2v) is 12.0. The topological polar surface area (TPSA) is 17.1 Å². The number of hydrogen-bond donors (Lipinski definition) is 0. The molecule has 0 atom stereocenters. The molecule has 4 aromatic rings. The van der Waals surface area contributed by atoms with Gasteiger partial charge in [0, 0.05) is 0 Å². The Morgan fingerprint density at radius 3 is 1.43 bits per heavy atom. The summed E-state index contributed by atoms with van der Waals surface area (Å²) in [6.45, 7) is -2.35. The van der Waals surface area contributed by atoms with Gasteiger partial charge in [-0.15, -0.1) is 11.3 Å². The van der Waals surface area contributed by atoms with Crippen LogP contribution in [0.3, 0.4) is 0 Å². The van der Waals surface area contributed by atoms with E-state index in [9.17, 15) is 4.79 Å². The first kappa shape index (κ1) is 19.1. The Bertz CT molecular complexity index is 1020. The fraction of sp³-hybridized carbons (Fsp3) is 0. The molecular weight excluding hydrogens is 447 g/mol. The molecule has 3 aromatic carbocycles. The van der Waals surface area contributed by atoms with E-state index >= 15 is 0 Å². The molecule has 0 N–H and O–H groups in total. The van der Waals surface area contributed by atoms with Crippen LogP contribution in [0.1, 0.15) is 9.67 Å². The molecular formula is C24H18BrOPS. The molecule has 0 aliphatic carbocycles. The third kappa shape index (κ3) is 3.35. The van der Waals surface area contributed by atoms with Crippen molar-refractivity contribution >= 4 is 60.1 Å². The van der Waals surface area contributed by atoms with Gasteiger partial charge in [0.25, 0.3) is 0 Å². The fourth-order valence-corrected chi connectivity index (χ4v) is 10.2. The van der Waals surface area contributed by atoms with Gasteiger partial charge >= 0.3 is 0 Å². The normalized spacial score (nSPS) is 11.2. The van der Waals surface area contributed by atoms with Crippen molar-refractivity contribution in [2.24, 2.45) is 0 Å². The van der Waals surface area contributed by atoms with Crippen molar-refractivity contribution in [2.75, 3.05) is 0 Å². The van der Waals surface area contributed by atoms with Crippen molar-refractivity contribution < 1.29 is 4.79 Å². The first-order valence-corrected chi connectivity index (χ1v) is 12.4. The zero-order chi connectivity index (χ0) is 19.4. The van der Waals surface area contributed by atoms with E-state index in [1.807, 2.05) is 72.1 Å². The molecule has 0 spiro atoms. The van der Waals surface area contributed by atoms with Crippen LogP contribution in [0, 0.1) is 0 Å². The van der Waals surface area contributed by atoms with Crippen LogP contribution in [-0.2, 0) is 0 Å². The van der Waals surface area contributed by atoms with E-state index in [1.165, 1.54) is 11.3 Å². The summed E-state index contributed by atoms with van der Waals surface area (Å²) in [5, 5.41) is 5.42. The maximum absolute atomic E-state index is 13.5. The Hall–Kier alpha value is -2.19. The summed E-state index contributed by atoms with van der Waals surface area (Å²) in [5.74, 6) is 0.0555. The second kappa shape index (κ2) is 8.45. The van der Waals surface area contributed by atoms with Gasteiger partial charge in [-0.2, -0.15) is 0 Å². The summed E-state index contributed by atoms with van der Waals surface area (Å²) in [6, 6.07) is 35.0. The summed E-state index contributed by atoms with van der Waals surface area (Å²) in [5.41, 5.74) is 0. The van der Waals surface area contributed by atoms with Gasteiger partial charge in [0.2, 0.25) is 5.78 Å². The molecule has 0 bridgehead atoms. The maximum Gasteiger partial charge on any atom is 0.210 e. The number of carbonyl (C=O) groups excluding carboxylic acids is 1. The lowest BCUT2D eigenvalue weighted by atomic mass is 10.3. The second-order valence-electron chi connectivity index (χ2n) is 6.27. The lowest BCUT2D eigenvalue weighted by Gasteiger charge is -2.30. The molecule has 0 aliphatic rings. The summed E-state index contributed by atoms with van der Waals surface area (Å²) < 4.78 is 0.728. The van der Waals surface area contributed by atoms with E-state index in [1.54, 1.807) is 0 Å². The van der Waals surface area contributed by atoms with E-state index < -0.39 is 6.89 Å². The Morgan fingerprint density at radius 1 is 0.643 bits per heavy atom. The van der Waals surface area contributed by atoms with Gasteiger partial charge in [0.05, 0.1) is 9.08 Å². The molecule has 4 rings (SSSR count). The molecule has 138 valence electrons. The zero-order valence-electron chi connectivity index (χ0n) is 15.0. The van der Waals surface area contributed by atoms with Gasteiger partial charge in [-0.1, -0.05) is 97.1 Å². The van der Waals surface area contributed by atoms with Crippen LogP contribution in [0.25, 0.3) is 0 Å². The van der Waals surface area contributed by atoms with Crippen LogP contribution in [-0.4, -0.2) is 9.99 Å². The quantitative estimate of drug-likeness (QED) is 0.283. The molecule has 0 fully saturated rings. The molecule has 0 radical (unpaired) electrons. The molecule has 28 heavy (non-hydrogen) atoms. The Labute approximate surface area is 177 Å². The number of Topliss-reactive ketones (excluding diaryl/α,β-unsaturated/α-hetero) is 1. The van der Waals surface area contributed by atoms with Gasteiger partial charge < -0.3 is 0 Å². The highest BCUT2D eigenvalue weighted by Gasteiger charge is 2.32. The highest BCUT2D eigenvalue weighted by Crippen LogP contribution is 2.48. The number of carbonyl (C=O) groups is 1. The van der Waals surface area contributed by atoms with E-state index in [-0.39, 0.29) is 5.78 Å². The number of ketones is 1. The summed E-state index contributed by atoms with van der Waals surface area (Å²) in [6.07, 6.45) is 0. The van der Waals surface area contributed by atoms with Crippen molar-refractivity contribution in [3.63, 3.8) is 0 Å². The van der Waals surface area contributed by atoms with Crippen molar-refractivity contribution in [1.82, 2.24) is 0 Å². The zero-order valence-corrected chi connectivity index (χ0v) is 18.3. The van der Waals surface area contributed by atoms with Crippen LogP contribution < -0.4 is 15.9 Å². The smallest absolute Gasteiger partial charge is 0.210 e. The lowest BCUT2D eigenvalue weighted by molar-refractivity contribution is 0.107. The van der Waals surface area contributed by atoms with Crippen molar-refractivity contribution in [3.05, 3.63) is 113 Å². The molecule has 1 nitrogen and oxygen atoms in total. The Kier molecular flexibility index (Phi) is 5.77. The highest BCUT2D eigenvalue weighted by atomic mass is 79.9. The van der Waals surface area contributed by atoms with E-state index in [0.717, 1.165) is 25.0 Å². The van der Waals surface area contributed by atoms with Crippen molar-refractivity contribution in [1.29, 1.82) is 0 Å². The minimum atomic E-state index is -2.35. The Morgan fingerprint density at radius 2 is 1.07 bits per heavy atom. The molecule has 1 aromatic heterocycles. The first-order valence-electron chi connectivity index (χ1n) is 8.91. The van der Waals surface area contributed by atoms with E-state index in [4.69, 9.17) is 0 Å². The predicted octanol–water partition coefficient (Wildman–Crippen LogP) is 5.45. The summed E-state index contributed by atoms with van der Waals surface area (Å²) >= 11 is 5.30. The average molecular weight is 465 g/mol. The monoisotopic (exact) mass is 464 g/mol. The molecule has 0 saturated heterocycles. The molecule has 0 unspecified atom stereocenters. The maximum atomic E-state index is 13.5. The number of rotatable bonds is 5. The van der Waals surface area contributed by atoms with Crippen molar-refractivity contribution in [3.8, 4) is 0 Å². The van der Waals surface area contributed by atoms with Crippen LogP contribution in [0.15, 0.2) is 109 Å². The summed E-state index contributed by atoms with van der Waals surface area (Å²) in [4.78, 5) is 14.3. The van der Waals surface area contributed by atoms with Crippen LogP contribution in [0.2, 0.25) is 0 Å². The molecule has 4 heteroatoms. The average Bonchev–Trinajstić information content (AvgIpc) is 3.31. The standard InChI is InChI=1S/C24H18BrOPS/c25-24(23(26)22-17-10-18-28-22)27(19-11-4-1-5-12-19,20-13-6-2-7-14-20)21-15-8-3-9-16-21/h1-18H. The number of halogens is 1. The first-order chi connectivity index (χ1) is 13.7. The third-order valence-corrected chi connectivity index (χ3v) is 11.5. The fourth-order valence-electron chi connectivity index (χ4n) is 3.40. The van der Waals surface area contributed by atoms with Crippen LogP contribution in [0.5, 0.6) is 0 Å². The largest absolute Gasteiger partial charge is 0.287 e. The minimum absolute atomic E-state index is 0.0555. The SMILES string of the molecule is O=C(C(Br)=P(c1ccccc1)(c1ccccc1)c1ccccc1)c1cccs1. The van der Waals surface area contributed by atoms with Gasteiger partial charge in [-0.3, -0.25) is 4.79 Å². The Balaban J connectivity index is 2.17. The van der Waals surface area contributed by atoms with E-state index in [2.05, 4.69) is 52.3 Å². The van der Waals surface area contributed by atoms with Gasteiger partial charge in [0.1, 0.15) is 0 Å². The molecule has 1 heterocycles. The number of benzene rings is 3. The van der Waals surface area contributed by atoms with Crippen molar-refractivity contribution in [2.45, 2.75) is 0 Å². The van der Waals surface area contributed by atoms with Crippen LogP contribution >= 0.6 is 34.2 Å². The van der Waals surface area contributed by atoms with Crippen LogP contribution in [0.4, 0.5) is 0 Å². The minimum Gasteiger partial charge on any atom is -0.287 e. The summed E-state index contributed by atoms with van der Waals surface area (Å²) in [7, 11) is 0. The highest BCUT2D eigenvalue weighted by molar-refractivity contribution is 9.20. The number of thiophene rings is 1.